The Morgan fingerprint density at radius 2 is 2.21 bits per heavy atom. The summed E-state index contributed by atoms with van der Waals surface area (Å²) >= 11 is 0. The van der Waals surface area contributed by atoms with Crippen molar-refractivity contribution in [1.29, 1.82) is 0 Å². The van der Waals surface area contributed by atoms with Crippen LogP contribution in [-0.4, -0.2) is 29.1 Å². The normalized spacial score (nSPS) is 20.0. The summed E-state index contributed by atoms with van der Waals surface area (Å²) < 4.78 is 0. The Morgan fingerprint density at radius 3 is 2.84 bits per heavy atom. The van der Waals surface area contributed by atoms with Crippen LogP contribution in [0.2, 0.25) is 0 Å². The number of nitrogens with one attached hydrogen (secondary N) is 1. The smallest absolute Gasteiger partial charge is 0.147 e. The van der Waals surface area contributed by atoms with Gasteiger partial charge in [0.25, 0.3) is 0 Å². The van der Waals surface area contributed by atoms with Gasteiger partial charge in [0.1, 0.15) is 5.82 Å². The summed E-state index contributed by atoms with van der Waals surface area (Å²) in [7, 11) is 0. The highest BCUT2D eigenvalue weighted by atomic mass is 15.2. The van der Waals surface area contributed by atoms with Gasteiger partial charge in [0.05, 0.1) is 18.1 Å². The van der Waals surface area contributed by atoms with Gasteiger partial charge in [-0.1, -0.05) is 27.2 Å². The molecule has 1 aliphatic rings. The number of piperidine rings is 1. The zero-order valence-corrected chi connectivity index (χ0v) is 12.4. The lowest BCUT2D eigenvalue weighted by Crippen LogP contribution is -2.35. The maximum atomic E-state index is 4.57. The van der Waals surface area contributed by atoms with E-state index in [1.807, 2.05) is 12.4 Å². The summed E-state index contributed by atoms with van der Waals surface area (Å²) in [6, 6.07) is 0.480. The molecule has 1 aromatic rings. The van der Waals surface area contributed by atoms with Crippen molar-refractivity contribution in [2.24, 2.45) is 5.92 Å². The van der Waals surface area contributed by atoms with Crippen LogP contribution in [0.1, 0.15) is 45.7 Å². The maximum absolute atomic E-state index is 4.57. The van der Waals surface area contributed by atoms with E-state index in [4.69, 9.17) is 0 Å². The average molecular weight is 262 g/mol. The Hall–Kier alpha value is -1.16. The second-order valence-electron chi connectivity index (χ2n) is 5.76. The lowest BCUT2D eigenvalue weighted by atomic mass is 9.96. The molecule has 1 aliphatic heterocycles. The highest BCUT2D eigenvalue weighted by molar-refractivity contribution is 5.36. The minimum Gasteiger partial charge on any atom is -0.355 e. The molecule has 0 bridgehead atoms. The van der Waals surface area contributed by atoms with Gasteiger partial charge in [-0.15, -0.1) is 0 Å². The van der Waals surface area contributed by atoms with E-state index in [2.05, 4.69) is 41.0 Å². The summed E-state index contributed by atoms with van der Waals surface area (Å²) in [6.07, 6.45) is 7.73. The molecule has 0 amide bonds. The minimum atomic E-state index is 0.480. The number of aromatic nitrogens is 2. The van der Waals surface area contributed by atoms with Gasteiger partial charge in [-0.05, 0) is 18.8 Å². The molecule has 19 heavy (non-hydrogen) atoms. The average Bonchev–Trinajstić information content (AvgIpc) is 2.45. The van der Waals surface area contributed by atoms with Gasteiger partial charge in [0, 0.05) is 25.7 Å². The van der Waals surface area contributed by atoms with Crippen molar-refractivity contribution < 1.29 is 0 Å². The summed E-state index contributed by atoms with van der Waals surface area (Å²) in [6.45, 7) is 9.60. The molecule has 1 atom stereocenters. The van der Waals surface area contributed by atoms with Crippen LogP contribution in [0.3, 0.4) is 0 Å². The zero-order chi connectivity index (χ0) is 13.7. The molecule has 0 aromatic carbocycles. The monoisotopic (exact) mass is 262 g/mol. The van der Waals surface area contributed by atoms with Crippen molar-refractivity contribution in [3.63, 3.8) is 0 Å². The molecule has 2 rings (SSSR count). The minimum absolute atomic E-state index is 0.480. The lowest BCUT2D eigenvalue weighted by molar-refractivity contribution is 0.402. The number of rotatable bonds is 5. The highest BCUT2D eigenvalue weighted by Crippen LogP contribution is 2.22. The maximum Gasteiger partial charge on any atom is 0.147 e. The van der Waals surface area contributed by atoms with Crippen LogP contribution in [0.15, 0.2) is 12.4 Å². The first-order chi connectivity index (χ1) is 9.19. The van der Waals surface area contributed by atoms with Crippen LogP contribution in [0, 0.1) is 5.92 Å². The Morgan fingerprint density at radius 1 is 1.37 bits per heavy atom. The van der Waals surface area contributed by atoms with Crippen LogP contribution in [0.4, 0.5) is 5.82 Å². The van der Waals surface area contributed by atoms with Crippen LogP contribution in [0.5, 0.6) is 0 Å². The van der Waals surface area contributed by atoms with E-state index in [0.29, 0.717) is 6.04 Å². The first-order valence-electron chi connectivity index (χ1n) is 7.48. The molecule has 106 valence electrons. The first kappa shape index (κ1) is 14.3. The van der Waals surface area contributed by atoms with Crippen molar-refractivity contribution in [2.75, 3.05) is 18.0 Å². The van der Waals surface area contributed by atoms with Crippen LogP contribution >= 0.6 is 0 Å². The number of nitrogens with zero attached hydrogens (tertiary/aromatic N) is 3. The van der Waals surface area contributed by atoms with Gasteiger partial charge in [-0.3, -0.25) is 4.98 Å². The van der Waals surface area contributed by atoms with E-state index in [9.17, 15) is 0 Å². The summed E-state index contributed by atoms with van der Waals surface area (Å²) in [5, 5.41) is 3.36. The third-order valence-electron chi connectivity index (χ3n) is 3.80. The van der Waals surface area contributed by atoms with Gasteiger partial charge < -0.3 is 10.2 Å². The van der Waals surface area contributed by atoms with E-state index >= 15 is 0 Å². The second kappa shape index (κ2) is 6.85. The van der Waals surface area contributed by atoms with Gasteiger partial charge in [0.15, 0.2) is 0 Å². The Balaban J connectivity index is 1.93. The third kappa shape index (κ3) is 4.16. The Labute approximate surface area is 116 Å². The zero-order valence-electron chi connectivity index (χ0n) is 12.4. The molecule has 0 radical (unpaired) electrons. The molecule has 1 unspecified atom stereocenters. The second-order valence-corrected chi connectivity index (χ2v) is 5.76. The van der Waals surface area contributed by atoms with E-state index in [1.54, 1.807) is 0 Å². The Bertz CT molecular complexity index is 374. The Kier molecular flexibility index (Phi) is 5.14. The fourth-order valence-corrected chi connectivity index (χ4v) is 2.52. The summed E-state index contributed by atoms with van der Waals surface area (Å²) in [5.74, 6) is 1.85. The molecule has 1 fully saturated rings. The number of hydrogen-bond acceptors (Lipinski definition) is 4. The topological polar surface area (TPSA) is 41.1 Å². The van der Waals surface area contributed by atoms with Gasteiger partial charge in [-0.25, -0.2) is 4.98 Å². The van der Waals surface area contributed by atoms with Gasteiger partial charge >= 0.3 is 0 Å². The fraction of sp³-hybridized carbons (Fsp3) is 0.733. The molecule has 0 spiro atoms. The molecule has 4 heteroatoms. The van der Waals surface area contributed by atoms with E-state index in [-0.39, 0.29) is 0 Å². The van der Waals surface area contributed by atoms with Crippen LogP contribution in [-0.2, 0) is 6.54 Å². The van der Waals surface area contributed by atoms with E-state index in [1.165, 1.54) is 19.3 Å². The number of anilines is 1. The first-order valence-corrected chi connectivity index (χ1v) is 7.48. The molecule has 1 aromatic heterocycles. The van der Waals surface area contributed by atoms with E-state index < -0.39 is 0 Å². The van der Waals surface area contributed by atoms with E-state index in [0.717, 1.165) is 37.1 Å². The SMILES string of the molecule is CCC1CCCN(c2cnc(CNC(C)C)cn2)C1. The van der Waals surface area contributed by atoms with Crippen molar-refractivity contribution in [2.45, 2.75) is 52.6 Å². The van der Waals surface area contributed by atoms with Crippen LogP contribution < -0.4 is 10.2 Å². The molecule has 0 saturated carbocycles. The molecule has 1 N–H and O–H groups in total. The largest absolute Gasteiger partial charge is 0.355 e. The predicted molar refractivity (Wildman–Crippen MR) is 79.2 cm³/mol. The molecule has 0 aliphatic carbocycles. The standard InChI is InChI=1S/C15H26N4/c1-4-13-6-5-7-19(11-13)15-10-17-14(9-18-15)8-16-12(2)3/h9-10,12-13,16H,4-8,11H2,1-3H3. The van der Waals surface area contributed by atoms with Crippen LogP contribution in [0.25, 0.3) is 0 Å². The molecular formula is C15H26N4. The molecular weight excluding hydrogens is 236 g/mol. The highest BCUT2D eigenvalue weighted by Gasteiger charge is 2.19. The summed E-state index contributed by atoms with van der Waals surface area (Å²) in [4.78, 5) is 11.5. The van der Waals surface area contributed by atoms with Crippen molar-refractivity contribution in [3.8, 4) is 0 Å². The third-order valence-corrected chi connectivity index (χ3v) is 3.80. The molecule has 2 heterocycles. The fourth-order valence-electron chi connectivity index (χ4n) is 2.52. The van der Waals surface area contributed by atoms with Crippen molar-refractivity contribution in [1.82, 2.24) is 15.3 Å². The van der Waals surface area contributed by atoms with Crippen molar-refractivity contribution in [3.05, 3.63) is 18.1 Å². The number of hydrogen-bond donors (Lipinski definition) is 1. The molecule has 1 saturated heterocycles. The predicted octanol–water partition coefficient (Wildman–Crippen LogP) is 2.60. The lowest BCUT2D eigenvalue weighted by Gasteiger charge is -2.32. The van der Waals surface area contributed by atoms with Gasteiger partial charge in [0.2, 0.25) is 0 Å². The van der Waals surface area contributed by atoms with Gasteiger partial charge in [-0.2, -0.15) is 0 Å². The van der Waals surface area contributed by atoms with Crippen molar-refractivity contribution >= 4 is 5.82 Å². The summed E-state index contributed by atoms with van der Waals surface area (Å²) in [5.41, 5.74) is 1.02. The quantitative estimate of drug-likeness (QED) is 0.885. The molecule has 4 nitrogen and oxygen atoms in total.